The molecular weight excluding hydrogens is 323 g/mol. The Bertz CT molecular complexity index is 751. The highest BCUT2D eigenvalue weighted by molar-refractivity contribution is 5.91. The van der Waals surface area contributed by atoms with Crippen LogP contribution in [0.3, 0.4) is 0 Å². The van der Waals surface area contributed by atoms with E-state index in [1.165, 1.54) is 12.3 Å². The van der Waals surface area contributed by atoms with Crippen molar-refractivity contribution in [3.8, 4) is 0 Å². The number of aromatic amines is 1. The monoisotopic (exact) mass is 339 g/mol. The first-order valence-electron chi connectivity index (χ1n) is 7.27. The normalized spacial score (nSPS) is 12.7. The molecule has 1 amide bonds. The molecule has 0 aliphatic heterocycles. The molecule has 2 N–H and O–H groups in total. The fourth-order valence-corrected chi connectivity index (χ4v) is 2.15. The van der Waals surface area contributed by atoms with E-state index in [2.05, 4.69) is 15.3 Å². The second-order valence-electron chi connectivity index (χ2n) is 5.37. The van der Waals surface area contributed by atoms with Gasteiger partial charge in [0.25, 0.3) is 11.5 Å². The number of H-pyrrole nitrogens is 1. The lowest BCUT2D eigenvalue weighted by Gasteiger charge is -2.14. The SMILES string of the molecule is C[C@H](CCNC(=O)c1c[nH]c(=O)cn1)c1cccc(C(F)(F)F)c1. The predicted octanol–water partition coefficient (Wildman–Crippen LogP) is 2.71. The van der Waals surface area contributed by atoms with Gasteiger partial charge in [-0.1, -0.05) is 25.1 Å². The number of hydrogen-bond acceptors (Lipinski definition) is 3. The number of aromatic nitrogens is 2. The number of hydrogen-bond donors (Lipinski definition) is 2. The molecule has 24 heavy (non-hydrogen) atoms. The van der Waals surface area contributed by atoms with Crippen LogP contribution in [0.25, 0.3) is 0 Å². The summed E-state index contributed by atoms with van der Waals surface area (Å²) < 4.78 is 38.1. The Labute approximate surface area is 135 Å². The van der Waals surface area contributed by atoms with Crippen molar-refractivity contribution in [3.05, 3.63) is 63.8 Å². The average molecular weight is 339 g/mol. The second-order valence-corrected chi connectivity index (χ2v) is 5.37. The zero-order chi connectivity index (χ0) is 17.7. The van der Waals surface area contributed by atoms with Gasteiger partial charge in [-0.3, -0.25) is 9.59 Å². The summed E-state index contributed by atoms with van der Waals surface area (Å²) >= 11 is 0. The van der Waals surface area contributed by atoms with Crippen LogP contribution in [0.4, 0.5) is 13.2 Å². The van der Waals surface area contributed by atoms with Crippen molar-refractivity contribution in [2.24, 2.45) is 0 Å². The smallest absolute Gasteiger partial charge is 0.351 e. The Morgan fingerprint density at radius 3 is 2.75 bits per heavy atom. The number of alkyl halides is 3. The summed E-state index contributed by atoms with van der Waals surface area (Å²) in [5.74, 6) is -0.612. The van der Waals surface area contributed by atoms with Gasteiger partial charge in [0, 0.05) is 12.7 Å². The van der Waals surface area contributed by atoms with Crippen LogP contribution in [0.5, 0.6) is 0 Å². The number of nitrogens with one attached hydrogen (secondary N) is 2. The van der Waals surface area contributed by atoms with E-state index < -0.39 is 23.2 Å². The minimum atomic E-state index is -4.38. The number of benzene rings is 1. The fourth-order valence-electron chi connectivity index (χ4n) is 2.15. The molecule has 0 aliphatic rings. The topological polar surface area (TPSA) is 74.8 Å². The third-order valence-corrected chi connectivity index (χ3v) is 3.55. The molecule has 0 saturated heterocycles. The summed E-state index contributed by atoms with van der Waals surface area (Å²) in [5.41, 5.74) is -0.472. The third kappa shape index (κ3) is 4.68. The molecule has 1 atom stereocenters. The molecule has 0 radical (unpaired) electrons. The van der Waals surface area contributed by atoms with Crippen LogP contribution in [0.1, 0.15) is 40.9 Å². The number of halogens is 3. The van der Waals surface area contributed by atoms with Crippen LogP contribution in [0.2, 0.25) is 0 Å². The van der Waals surface area contributed by atoms with Crippen LogP contribution in [0, 0.1) is 0 Å². The highest BCUT2D eigenvalue weighted by atomic mass is 19.4. The molecule has 0 unspecified atom stereocenters. The van der Waals surface area contributed by atoms with Crippen LogP contribution < -0.4 is 10.9 Å². The fraction of sp³-hybridized carbons (Fsp3) is 0.312. The molecule has 8 heteroatoms. The maximum Gasteiger partial charge on any atom is 0.416 e. The quantitative estimate of drug-likeness (QED) is 0.879. The lowest BCUT2D eigenvalue weighted by Crippen LogP contribution is -2.27. The van der Waals surface area contributed by atoms with Gasteiger partial charge in [0.15, 0.2) is 0 Å². The van der Waals surface area contributed by atoms with Gasteiger partial charge in [0.1, 0.15) is 5.69 Å². The van der Waals surface area contributed by atoms with Crippen LogP contribution >= 0.6 is 0 Å². The van der Waals surface area contributed by atoms with Gasteiger partial charge in [-0.25, -0.2) is 4.98 Å². The number of rotatable bonds is 5. The van der Waals surface area contributed by atoms with Crippen LogP contribution in [0.15, 0.2) is 41.5 Å². The zero-order valence-electron chi connectivity index (χ0n) is 12.9. The van der Waals surface area contributed by atoms with Gasteiger partial charge in [-0.05, 0) is 24.0 Å². The first kappa shape index (κ1) is 17.7. The highest BCUT2D eigenvalue weighted by Crippen LogP contribution is 2.31. The molecule has 2 rings (SSSR count). The molecule has 0 bridgehead atoms. The van der Waals surface area contributed by atoms with Crippen LogP contribution in [-0.2, 0) is 6.18 Å². The predicted molar refractivity (Wildman–Crippen MR) is 81.7 cm³/mol. The number of carbonyl (C=O) groups is 1. The van der Waals surface area contributed by atoms with Crippen molar-refractivity contribution in [2.75, 3.05) is 6.54 Å². The molecule has 1 aromatic carbocycles. The average Bonchev–Trinajstić information content (AvgIpc) is 2.54. The summed E-state index contributed by atoms with van der Waals surface area (Å²) in [4.78, 5) is 28.7. The summed E-state index contributed by atoms with van der Waals surface area (Å²) in [5, 5.41) is 2.62. The maximum absolute atomic E-state index is 12.7. The van der Waals surface area contributed by atoms with E-state index in [1.54, 1.807) is 13.0 Å². The van der Waals surface area contributed by atoms with Gasteiger partial charge in [-0.15, -0.1) is 0 Å². The van der Waals surface area contributed by atoms with E-state index in [1.807, 2.05) is 0 Å². The first-order valence-corrected chi connectivity index (χ1v) is 7.27. The Morgan fingerprint density at radius 1 is 1.38 bits per heavy atom. The van der Waals surface area contributed by atoms with Crippen LogP contribution in [-0.4, -0.2) is 22.4 Å². The van der Waals surface area contributed by atoms with Crippen molar-refractivity contribution in [2.45, 2.75) is 25.4 Å². The number of nitrogens with zero attached hydrogens (tertiary/aromatic N) is 1. The lowest BCUT2D eigenvalue weighted by atomic mass is 9.96. The van der Waals surface area contributed by atoms with Gasteiger partial charge >= 0.3 is 6.18 Å². The summed E-state index contributed by atoms with van der Waals surface area (Å²) in [6.45, 7) is 2.07. The Morgan fingerprint density at radius 2 is 2.12 bits per heavy atom. The van der Waals surface area contributed by atoms with E-state index in [0.717, 1.165) is 18.3 Å². The molecule has 1 heterocycles. The number of carbonyl (C=O) groups excluding carboxylic acids is 1. The molecule has 128 valence electrons. The van der Waals surface area contributed by atoms with Crippen molar-refractivity contribution in [1.29, 1.82) is 0 Å². The van der Waals surface area contributed by atoms with Gasteiger partial charge < -0.3 is 10.3 Å². The molecule has 2 aromatic rings. The Hall–Kier alpha value is -2.64. The molecule has 0 fully saturated rings. The summed E-state index contributed by atoms with van der Waals surface area (Å²) in [6.07, 6.45) is -1.70. The van der Waals surface area contributed by atoms with E-state index in [9.17, 15) is 22.8 Å². The number of amides is 1. The summed E-state index contributed by atoms with van der Waals surface area (Å²) in [6, 6.07) is 5.15. The van der Waals surface area contributed by atoms with Crippen molar-refractivity contribution < 1.29 is 18.0 Å². The van der Waals surface area contributed by atoms with Crippen molar-refractivity contribution in [1.82, 2.24) is 15.3 Å². The summed E-state index contributed by atoms with van der Waals surface area (Å²) in [7, 11) is 0. The minimum Gasteiger partial charge on any atom is -0.351 e. The standard InChI is InChI=1S/C16H16F3N3O2/c1-10(11-3-2-4-12(7-11)16(17,18)19)5-6-20-15(24)13-8-22-14(23)9-21-13/h2-4,7-10H,5-6H2,1H3,(H,20,24)(H,22,23)/t10-/m1/s1. The molecule has 1 aromatic heterocycles. The lowest BCUT2D eigenvalue weighted by molar-refractivity contribution is -0.137. The maximum atomic E-state index is 12.7. The Kier molecular flexibility index (Phi) is 5.38. The second kappa shape index (κ2) is 7.29. The van der Waals surface area contributed by atoms with Gasteiger partial charge in [-0.2, -0.15) is 13.2 Å². The van der Waals surface area contributed by atoms with E-state index in [-0.39, 0.29) is 18.2 Å². The molecular formula is C16H16F3N3O2. The molecule has 0 saturated carbocycles. The molecule has 0 aliphatic carbocycles. The first-order chi connectivity index (χ1) is 11.3. The molecule has 5 nitrogen and oxygen atoms in total. The van der Waals surface area contributed by atoms with Crippen molar-refractivity contribution >= 4 is 5.91 Å². The molecule has 0 spiro atoms. The van der Waals surface area contributed by atoms with Crippen molar-refractivity contribution in [3.63, 3.8) is 0 Å². The highest BCUT2D eigenvalue weighted by Gasteiger charge is 2.30. The largest absolute Gasteiger partial charge is 0.416 e. The van der Waals surface area contributed by atoms with Gasteiger partial charge in [0.05, 0.1) is 11.8 Å². The Balaban J connectivity index is 1.91. The zero-order valence-corrected chi connectivity index (χ0v) is 12.9. The van der Waals surface area contributed by atoms with E-state index in [0.29, 0.717) is 12.0 Å². The third-order valence-electron chi connectivity index (χ3n) is 3.55. The van der Waals surface area contributed by atoms with E-state index in [4.69, 9.17) is 0 Å². The van der Waals surface area contributed by atoms with Gasteiger partial charge in [0.2, 0.25) is 0 Å². The van der Waals surface area contributed by atoms with E-state index >= 15 is 0 Å². The minimum absolute atomic E-state index is 0.0707.